The average Bonchev–Trinajstić information content (AvgIpc) is 2.38. The lowest BCUT2D eigenvalue weighted by Crippen LogP contribution is -2.07. The molecular weight excluding hydrogens is 240 g/mol. The van der Waals surface area contributed by atoms with Crippen LogP contribution in [-0.2, 0) is 6.61 Å². The first kappa shape index (κ1) is 13.1. The van der Waals surface area contributed by atoms with Crippen LogP contribution in [0.25, 0.3) is 0 Å². The standard InChI is InChI=1S/C16H16O3/c1-11-7-5-8-13(16(17)18)14(11)10-19-15-9-4-3-6-12(15)2/h3-9H,10H2,1-2H3,(H,17,18). The molecule has 0 aromatic heterocycles. The van der Waals surface area contributed by atoms with Crippen LogP contribution in [0.2, 0.25) is 0 Å². The van der Waals surface area contributed by atoms with Crippen LogP contribution in [-0.4, -0.2) is 11.1 Å². The number of hydrogen-bond donors (Lipinski definition) is 1. The van der Waals surface area contributed by atoms with Gasteiger partial charge in [0.25, 0.3) is 0 Å². The van der Waals surface area contributed by atoms with Crippen LogP contribution < -0.4 is 4.74 Å². The lowest BCUT2D eigenvalue weighted by atomic mass is 10.0. The van der Waals surface area contributed by atoms with Gasteiger partial charge in [-0.3, -0.25) is 0 Å². The van der Waals surface area contributed by atoms with E-state index in [0.717, 1.165) is 22.4 Å². The predicted molar refractivity (Wildman–Crippen MR) is 73.6 cm³/mol. The second kappa shape index (κ2) is 5.57. The Kier molecular flexibility index (Phi) is 3.85. The predicted octanol–water partition coefficient (Wildman–Crippen LogP) is 3.58. The number of para-hydroxylation sites is 1. The fourth-order valence-corrected chi connectivity index (χ4v) is 1.96. The largest absolute Gasteiger partial charge is 0.489 e. The molecule has 3 heteroatoms. The number of aromatic carboxylic acids is 1. The van der Waals surface area contributed by atoms with E-state index in [0.29, 0.717) is 5.56 Å². The number of ether oxygens (including phenoxy) is 1. The summed E-state index contributed by atoms with van der Waals surface area (Å²) in [4.78, 5) is 11.2. The van der Waals surface area contributed by atoms with Crippen LogP contribution >= 0.6 is 0 Å². The van der Waals surface area contributed by atoms with Gasteiger partial charge in [0.1, 0.15) is 12.4 Å². The summed E-state index contributed by atoms with van der Waals surface area (Å²) in [5.74, 6) is -0.144. The fourth-order valence-electron chi connectivity index (χ4n) is 1.96. The summed E-state index contributed by atoms with van der Waals surface area (Å²) in [6, 6.07) is 12.9. The highest BCUT2D eigenvalue weighted by molar-refractivity contribution is 5.89. The van der Waals surface area contributed by atoms with E-state index in [2.05, 4.69) is 0 Å². The Balaban J connectivity index is 2.25. The minimum absolute atomic E-state index is 0.263. The van der Waals surface area contributed by atoms with Gasteiger partial charge in [0.15, 0.2) is 0 Å². The maximum absolute atomic E-state index is 11.2. The maximum Gasteiger partial charge on any atom is 0.336 e. The van der Waals surface area contributed by atoms with Crippen LogP contribution in [0.5, 0.6) is 5.75 Å². The van der Waals surface area contributed by atoms with Crippen LogP contribution in [0.4, 0.5) is 0 Å². The highest BCUT2D eigenvalue weighted by Crippen LogP contribution is 2.21. The molecule has 0 unspecified atom stereocenters. The molecule has 0 radical (unpaired) electrons. The normalized spacial score (nSPS) is 10.2. The fraction of sp³-hybridized carbons (Fsp3) is 0.188. The molecule has 0 aliphatic rings. The second-order valence-corrected chi connectivity index (χ2v) is 4.46. The summed E-state index contributed by atoms with van der Waals surface area (Å²) in [7, 11) is 0. The van der Waals surface area contributed by atoms with Crippen molar-refractivity contribution in [2.75, 3.05) is 0 Å². The highest BCUT2D eigenvalue weighted by atomic mass is 16.5. The monoisotopic (exact) mass is 256 g/mol. The summed E-state index contributed by atoms with van der Waals surface area (Å²) in [5, 5.41) is 9.19. The van der Waals surface area contributed by atoms with Gasteiger partial charge in [-0.05, 0) is 37.1 Å². The van der Waals surface area contributed by atoms with E-state index in [1.165, 1.54) is 0 Å². The Morgan fingerprint density at radius 1 is 1.05 bits per heavy atom. The second-order valence-electron chi connectivity index (χ2n) is 4.46. The van der Waals surface area contributed by atoms with Gasteiger partial charge in [-0.25, -0.2) is 4.79 Å². The van der Waals surface area contributed by atoms with Crippen molar-refractivity contribution in [1.82, 2.24) is 0 Å². The Morgan fingerprint density at radius 3 is 2.42 bits per heavy atom. The number of benzene rings is 2. The van der Waals surface area contributed by atoms with Crippen molar-refractivity contribution in [3.63, 3.8) is 0 Å². The zero-order valence-electron chi connectivity index (χ0n) is 11.0. The number of carboxylic acid groups (broad SMARTS) is 1. The summed E-state index contributed by atoms with van der Waals surface area (Å²) >= 11 is 0. The van der Waals surface area contributed by atoms with Crippen LogP contribution in [0.3, 0.4) is 0 Å². The molecule has 2 aromatic rings. The van der Waals surface area contributed by atoms with E-state index in [1.807, 2.05) is 44.2 Å². The van der Waals surface area contributed by atoms with Gasteiger partial charge in [0, 0.05) is 5.56 Å². The highest BCUT2D eigenvalue weighted by Gasteiger charge is 2.12. The summed E-state index contributed by atoms with van der Waals surface area (Å²) in [6.45, 7) is 4.12. The molecule has 2 rings (SSSR count). The number of carboxylic acids is 1. The van der Waals surface area contributed by atoms with Crippen molar-refractivity contribution in [2.45, 2.75) is 20.5 Å². The van der Waals surface area contributed by atoms with Crippen molar-refractivity contribution in [3.8, 4) is 5.75 Å². The molecule has 0 aliphatic carbocycles. The minimum atomic E-state index is -0.924. The van der Waals surface area contributed by atoms with Gasteiger partial charge >= 0.3 is 5.97 Å². The number of hydrogen-bond acceptors (Lipinski definition) is 2. The molecule has 0 atom stereocenters. The lowest BCUT2D eigenvalue weighted by Gasteiger charge is -2.12. The molecule has 0 heterocycles. The van der Waals surface area contributed by atoms with E-state index in [1.54, 1.807) is 12.1 Å². The molecule has 2 aromatic carbocycles. The van der Waals surface area contributed by atoms with Gasteiger partial charge < -0.3 is 9.84 Å². The first-order valence-corrected chi connectivity index (χ1v) is 6.10. The van der Waals surface area contributed by atoms with E-state index >= 15 is 0 Å². The van der Waals surface area contributed by atoms with Crippen molar-refractivity contribution in [3.05, 3.63) is 64.7 Å². The zero-order chi connectivity index (χ0) is 13.8. The van der Waals surface area contributed by atoms with Crippen LogP contribution in [0.1, 0.15) is 27.0 Å². The Hall–Kier alpha value is -2.29. The molecule has 0 saturated carbocycles. The van der Waals surface area contributed by atoms with Crippen molar-refractivity contribution >= 4 is 5.97 Å². The van der Waals surface area contributed by atoms with Crippen LogP contribution in [0, 0.1) is 13.8 Å². The first-order chi connectivity index (χ1) is 9.09. The first-order valence-electron chi connectivity index (χ1n) is 6.10. The molecule has 0 amide bonds. The Bertz CT molecular complexity index is 603. The van der Waals surface area contributed by atoms with E-state index in [9.17, 15) is 9.90 Å². The van der Waals surface area contributed by atoms with Crippen molar-refractivity contribution in [2.24, 2.45) is 0 Å². The van der Waals surface area contributed by atoms with Gasteiger partial charge in [-0.1, -0.05) is 30.3 Å². The van der Waals surface area contributed by atoms with Crippen molar-refractivity contribution < 1.29 is 14.6 Å². The van der Waals surface area contributed by atoms with Crippen molar-refractivity contribution in [1.29, 1.82) is 0 Å². The quantitative estimate of drug-likeness (QED) is 0.909. The maximum atomic E-state index is 11.2. The molecule has 0 aliphatic heterocycles. The summed E-state index contributed by atoms with van der Waals surface area (Å²) in [5.41, 5.74) is 2.98. The summed E-state index contributed by atoms with van der Waals surface area (Å²) in [6.07, 6.45) is 0. The van der Waals surface area contributed by atoms with Crippen LogP contribution in [0.15, 0.2) is 42.5 Å². The third-order valence-electron chi connectivity index (χ3n) is 3.11. The number of carbonyl (C=O) groups is 1. The van der Waals surface area contributed by atoms with Gasteiger partial charge in [0.05, 0.1) is 5.56 Å². The molecule has 0 saturated heterocycles. The molecule has 1 N–H and O–H groups in total. The smallest absolute Gasteiger partial charge is 0.336 e. The van der Waals surface area contributed by atoms with Gasteiger partial charge in [-0.15, -0.1) is 0 Å². The third kappa shape index (κ3) is 2.94. The molecular formula is C16H16O3. The molecule has 19 heavy (non-hydrogen) atoms. The molecule has 3 nitrogen and oxygen atoms in total. The molecule has 0 spiro atoms. The zero-order valence-corrected chi connectivity index (χ0v) is 11.0. The third-order valence-corrected chi connectivity index (χ3v) is 3.11. The SMILES string of the molecule is Cc1ccccc1OCc1c(C)cccc1C(=O)O. The lowest BCUT2D eigenvalue weighted by molar-refractivity contribution is 0.0693. The minimum Gasteiger partial charge on any atom is -0.489 e. The Morgan fingerprint density at radius 2 is 1.74 bits per heavy atom. The number of rotatable bonds is 4. The topological polar surface area (TPSA) is 46.5 Å². The summed E-state index contributed by atoms with van der Waals surface area (Å²) < 4.78 is 5.73. The van der Waals surface area contributed by atoms with Gasteiger partial charge in [-0.2, -0.15) is 0 Å². The molecule has 0 bridgehead atoms. The van der Waals surface area contributed by atoms with E-state index < -0.39 is 5.97 Å². The Labute approximate surface area is 112 Å². The van der Waals surface area contributed by atoms with E-state index in [-0.39, 0.29) is 6.61 Å². The van der Waals surface area contributed by atoms with Gasteiger partial charge in [0.2, 0.25) is 0 Å². The molecule has 98 valence electrons. The number of aryl methyl sites for hydroxylation is 2. The molecule has 0 fully saturated rings. The average molecular weight is 256 g/mol. The van der Waals surface area contributed by atoms with E-state index in [4.69, 9.17) is 4.74 Å².